The highest BCUT2D eigenvalue weighted by atomic mass is 32.2. The predicted molar refractivity (Wildman–Crippen MR) is 86.7 cm³/mol. The zero-order valence-corrected chi connectivity index (χ0v) is 14.4. The molecular formula is C16H21NO6S. The quantitative estimate of drug-likeness (QED) is 0.816. The van der Waals surface area contributed by atoms with Crippen molar-refractivity contribution in [2.45, 2.75) is 30.7 Å². The first-order chi connectivity index (χ1) is 11.2. The molecule has 8 heteroatoms. The van der Waals surface area contributed by atoms with E-state index in [-0.39, 0.29) is 23.0 Å². The van der Waals surface area contributed by atoms with E-state index in [4.69, 9.17) is 4.74 Å². The minimum atomic E-state index is -3.47. The molecule has 1 aliphatic rings. The summed E-state index contributed by atoms with van der Waals surface area (Å²) in [7, 11) is -3.47. The van der Waals surface area contributed by atoms with Crippen LogP contribution >= 0.6 is 0 Å². The summed E-state index contributed by atoms with van der Waals surface area (Å²) in [4.78, 5) is 23.9. The molecule has 0 radical (unpaired) electrons. The Morgan fingerprint density at radius 2 is 2.08 bits per heavy atom. The average molecular weight is 355 g/mol. The highest BCUT2D eigenvalue weighted by Gasteiger charge is 2.31. The van der Waals surface area contributed by atoms with Gasteiger partial charge in [0.1, 0.15) is 6.04 Å². The number of carbonyl (C=O) groups is 2. The van der Waals surface area contributed by atoms with Gasteiger partial charge in [-0.25, -0.2) is 13.2 Å². The number of amides is 1. The Labute approximate surface area is 140 Å². The van der Waals surface area contributed by atoms with Crippen LogP contribution in [-0.4, -0.2) is 50.9 Å². The molecule has 0 aliphatic carbocycles. The van der Waals surface area contributed by atoms with Crippen LogP contribution in [0.5, 0.6) is 0 Å². The Bertz CT molecular complexity index is 737. The van der Waals surface area contributed by atoms with E-state index in [9.17, 15) is 23.1 Å². The number of benzene rings is 1. The van der Waals surface area contributed by atoms with Crippen LogP contribution in [0.15, 0.2) is 23.1 Å². The monoisotopic (exact) mass is 355 g/mol. The minimum absolute atomic E-state index is 0.0584. The molecule has 7 nitrogen and oxygen atoms in total. The second-order valence-corrected chi connectivity index (χ2v) is 8.00. The largest absolute Gasteiger partial charge is 0.480 e. The summed E-state index contributed by atoms with van der Waals surface area (Å²) in [5.41, 5.74) is 0.647. The van der Waals surface area contributed by atoms with E-state index in [0.29, 0.717) is 18.6 Å². The number of aliphatic carboxylic acids is 1. The van der Waals surface area contributed by atoms with Crippen LogP contribution < -0.4 is 5.32 Å². The highest BCUT2D eigenvalue weighted by molar-refractivity contribution is 7.90. The summed E-state index contributed by atoms with van der Waals surface area (Å²) in [6, 6.07) is 3.22. The zero-order valence-electron chi connectivity index (χ0n) is 13.6. The molecule has 1 aromatic rings. The number of hydrogen-bond acceptors (Lipinski definition) is 5. The van der Waals surface area contributed by atoms with Gasteiger partial charge >= 0.3 is 5.97 Å². The van der Waals surface area contributed by atoms with Gasteiger partial charge in [-0.15, -0.1) is 0 Å². The lowest BCUT2D eigenvalue weighted by molar-refractivity contribution is -0.142. The third kappa shape index (κ3) is 4.33. The van der Waals surface area contributed by atoms with E-state index in [0.717, 1.165) is 12.7 Å². The standard InChI is InChI=1S/C16H21NO6S/c1-10-5-6-11(8-13(10)24(2,21)22)15(18)17-14(16(19)20)12-4-3-7-23-9-12/h5-6,8,12,14H,3-4,7,9H2,1-2H3,(H,17,18)(H,19,20). The Morgan fingerprint density at radius 1 is 1.38 bits per heavy atom. The van der Waals surface area contributed by atoms with Gasteiger partial charge in [0.05, 0.1) is 11.5 Å². The third-order valence-electron chi connectivity index (χ3n) is 4.07. The molecule has 2 unspecified atom stereocenters. The van der Waals surface area contributed by atoms with E-state index in [1.54, 1.807) is 6.92 Å². The third-order valence-corrected chi connectivity index (χ3v) is 5.31. The molecule has 1 amide bonds. The van der Waals surface area contributed by atoms with Crippen molar-refractivity contribution >= 4 is 21.7 Å². The number of sulfone groups is 1. The first kappa shape index (κ1) is 18.4. The van der Waals surface area contributed by atoms with E-state index >= 15 is 0 Å². The maximum absolute atomic E-state index is 12.4. The van der Waals surface area contributed by atoms with Crippen LogP contribution in [0.1, 0.15) is 28.8 Å². The van der Waals surface area contributed by atoms with Crippen molar-refractivity contribution in [2.24, 2.45) is 5.92 Å². The molecule has 0 spiro atoms. The van der Waals surface area contributed by atoms with Crippen molar-refractivity contribution in [2.75, 3.05) is 19.5 Å². The van der Waals surface area contributed by atoms with Crippen LogP contribution in [0, 0.1) is 12.8 Å². The van der Waals surface area contributed by atoms with Crippen molar-refractivity contribution in [3.05, 3.63) is 29.3 Å². The summed E-state index contributed by atoms with van der Waals surface area (Å²) < 4.78 is 28.8. The Hall–Kier alpha value is -1.93. The van der Waals surface area contributed by atoms with Gasteiger partial charge in [-0.2, -0.15) is 0 Å². The normalized spacial score (nSPS) is 19.5. The molecule has 0 bridgehead atoms. The molecule has 0 saturated carbocycles. The number of ether oxygens (including phenoxy) is 1. The average Bonchev–Trinajstić information content (AvgIpc) is 2.52. The van der Waals surface area contributed by atoms with Crippen molar-refractivity contribution in [3.8, 4) is 0 Å². The van der Waals surface area contributed by atoms with Gasteiger partial charge in [-0.05, 0) is 37.5 Å². The van der Waals surface area contributed by atoms with Crippen molar-refractivity contribution in [1.29, 1.82) is 0 Å². The van der Waals surface area contributed by atoms with Gasteiger partial charge < -0.3 is 15.2 Å². The lowest BCUT2D eigenvalue weighted by Gasteiger charge is -2.28. The lowest BCUT2D eigenvalue weighted by Crippen LogP contribution is -2.48. The number of carboxylic acid groups (broad SMARTS) is 1. The van der Waals surface area contributed by atoms with Crippen molar-refractivity contribution in [1.82, 2.24) is 5.32 Å². The molecule has 1 saturated heterocycles. The molecule has 132 valence electrons. The van der Waals surface area contributed by atoms with E-state index < -0.39 is 27.8 Å². The molecule has 2 N–H and O–H groups in total. The van der Waals surface area contributed by atoms with E-state index in [1.807, 2.05) is 0 Å². The number of rotatable bonds is 5. The van der Waals surface area contributed by atoms with E-state index in [1.165, 1.54) is 18.2 Å². The molecule has 2 atom stereocenters. The van der Waals surface area contributed by atoms with Crippen LogP contribution in [0.25, 0.3) is 0 Å². The first-order valence-electron chi connectivity index (χ1n) is 7.62. The molecule has 2 rings (SSSR count). The molecular weight excluding hydrogens is 334 g/mol. The molecule has 1 heterocycles. The second-order valence-electron chi connectivity index (χ2n) is 6.02. The molecule has 1 aliphatic heterocycles. The van der Waals surface area contributed by atoms with Crippen LogP contribution in [0.2, 0.25) is 0 Å². The van der Waals surface area contributed by atoms with Crippen molar-refractivity contribution < 1.29 is 27.9 Å². The van der Waals surface area contributed by atoms with Crippen LogP contribution in [0.4, 0.5) is 0 Å². The highest BCUT2D eigenvalue weighted by Crippen LogP contribution is 2.20. The second kappa shape index (κ2) is 7.31. The number of carboxylic acids is 1. The summed E-state index contributed by atoms with van der Waals surface area (Å²) in [6.07, 6.45) is 2.46. The SMILES string of the molecule is Cc1ccc(C(=O)NC(C(=O)O)C2CCCOC2)cc1S(C)(=O)=O. The Kier molecular flexibility index (Phi) is 5.61. The van der Waals surface area contributed by atoms with Crippen LogP contribution in [0.3, 0.4) is 0 Å². The topological polar surface area (TPSA) is 110 Å². The number of hydrogen-bond donors (Lipinski definition) is 2. The molecule has 1 aromatic carbocycles. The van der Waals surface area contributed by atoms with Gasteiger partial charge in [0.15, 0.2) is 9.84 Å². The molecule has 1 fully saturated rings. The predicted octanol–water partition coefficient (Wildman–Crippen LogP) is 1.01. The smallest absolute Gasteiger partial charge is 0.326 e. The van der Waals surface area contributed by atoms with Gasteiger partial charge in [-0.1, -0.05) is 6.07 Å². The minimum Gasteiger partial charge on any atom is -0.480 e. The Balaban J connectivity index is 2.22. The van der Waals surface area contributed by atoms with Crippen LogP contribution in [-0.2, 0) is 19.4 Å². The fourth-order valence-electron chi connectivity index (χ4n) is 2.78. The van der Waals surface area contributed by atoms with E-state index in [2.05, 4.69) is 5.32 Å². The first-order valence-corrected chi connectivity index (χ1v) is 9.51. The summed E-state index contributed by atoms with van der Waals surface area (Å²) >= 11 is 0. The fourth-order valence-corrected chi connectivity index (χ4v) is 3.77. The number of carbonyl (C=O) groups excluding carboxylic acids is 1. The molecule has 0 aromatic heterocycles. The summed E-state index contributed by atoms with van der Waals surface area (Å²) in [5, 5.41) is 11.9. The fraction of sp³-hybridized carbons (Fsp3) is 0.500. The van der Waals surface area contributed by atoms with Gasteiger partial charge in [0.25, 0.3) is 5.91 Å². The Morgan fingerprint density at radius 3 is 2.62 bits per heavy atom. The number of nitrogens with one attached hydrogen (secondary N) is 1. The van der Waals surface area contributed by atoms with Crippen molar-refractivity contribution in [3.63, 3.8) is 0 Å². The molecule has 24 heavy (non-hydrogen) atoms. The van der Waals surface area contributed by atoms with Gasteiger partial charge in [-0.3, -0.25) is 4.79 Å². The zero-order chi connectivity index (χ0) is 17.9. The summed E-state index contributed by atoms with van der Waals surface area (Å²) in [6.45, 7) is 2.50. The lowest BCUT2D eigenvalue weighted by atomic mass is 9.93. The maximum Gasteiger partial charge on any atom is 0.326 e. The number of aryl methyl sites for hydroxylation is 1. The van der Waals surface area contributed by atoms with Gasteiger partial charge in [0.2, 0.25) is 0 Å². The summed E-state index contributed by atoms with van der Waals surface area (Å²) in [5.74, 6) is -2.05. The van der Waals surface area contributed by atoms with Gasteiger partial charge in [0, 0.05) is 24.3 Å². The maximum atomic E-state index is 12.4.